The van der Waals surface area contributed by atoms with Crippen molar-refractivity contribution in [3.63, 3.8) is 0 Å². The first-order valence-corrected chi connectivity index (χ1v) is 15.1. The molecule has 0 fully saturated rings. The molecule has 0 spiro atoms. The molecule has 0 radical (unpaired) electrons. The van der Waals surface area contributed by atoms with E-state index in [-0.39, 0.29) is 23.3 Å². The van der Waals surface area contributed by atoms with Crippen molar-refractivity contribution in [3.8, 4) is 0 Å². The van der Waals surface area contributed by atoms with Crippen LogP contribution in [0.25, 0.3) is 0 Å². The van der Waals surface area contributed by atoms with Crippen LogP contribution in [0, 0.1) is 0 Å². The molecule has 0 aromatic carbocycles. The number of nitrogens with one attached hydrogen (secondary N) is 1. The Morgan fingerprint density at radius 2 is 1.38 bits per heavy atom. The van der Waals surface area contributed by atoms with Crippen LogP contribution in [0.5, 0.6) is 0 Å². The third-order valence-electron chi connectivity index (χ3n) is 5.43. The van der Waals surface area contributed by atoms with E-state index in [1.54, 1.807) is 6.92 Å². The molecule has 1 amide bonds. The SMILES string of the molecule is CCOC(=O)NC(CO[Si](C)(C)C(C)(C)C)C(=O)O[Si](C)(C)C(C)(C)C. The molecule has 1 N–H and O–H groups in total. The number of carbonyl (C=O) groups excluding carboxylic acids is 2. The van der Waals surface area contributed by atoms with E-state index < -0.39 is 34.7 Å². The Hall–Kier alpha value is -0.866. The summed E-state index contributed by atoms with van der Waals surface area (Å²) in [5.41, 5.74) is 0. The summed E-state index contributed by atoms with van der Waals surface area (Å²) in [5, 5.41) is 2.49. The van der Waals surface area contributed by atoms with Gasteiger partial charge in [-0.3, -0.25) is 4.79 Å². The summed E-state index contributed by atoms with van der Waals surface area (Å²) in [5.74, 6) is -0.455. The van der Waals surface area contributed by atoms with Gasteiger partial charge in [-0.15, -0.1) is 0 Å². The van der Waals surface area contributed by atoms with Crippen molar-refractivity contribution in [1.29, 1.82) is 0 Å². The Labute approximate surface area is 161 Å². The Morgan fingerprint density at radius 3 is 1.77 bits per heavy atom. The number of hydrogen-bond donors (Lipinski definition) is 1. The second-order valence-corrected chi connectivity index (χ2v) is 19.2. The van der Waals surface area contributed by atoms with Gasteiger partial charge in [0, 0.05) is 0 Å². The fourth-order valence-electron chi connectivity index (χ4n) is 1.47. The van der Waals surface area contributed by atoms with Crippen molar-refractivity contribution in [1.82, 2.24) is 5.32 Å². The lowest BCUT2D eigenvalue weighted by Gasteiger charge is -2.38. The summed E-state index contributed by atoms with van der Waals surface area (Å²) in [7, 11) is -4.36. The van der Waals surface area contributed by atoms with Gasteiger partial charge in [0.05, 0.1) is 13.2 Å². The average Bonchev–Trinajstić information content (AvgIpc) is 2.40. The predicted octanol–water partition coefficient (Wildman–Crippen LogP) is 4.67. The maximum Gasteiger partial charge on any atom is 0.407 e. The van der Waals surface area contributed by atoms with Crippen LogP contribution in [-0.2, 0) is 18.4 Å². The molecule has 1 atom stereocenters. The number of rotatable bonds is 7. The highest BCUT2D eigenvalue weighted by atomic mass is 28.4. The van der Waals surface area contributed by atoms with E-state index in [9.17, 15) is 9.59 Å². The maximum absolute atomic E-state index is 12.8. The van der Waals surface area contributed by atoms with Crippen LogP contribution in [0.1, 0.15) is 48.5 Å². The number of amides is 1. The van der Waals surface area contributed by atoms with Gasteiger partial charge in [-0.25, -0.2) is 4.79 Å². The molecule has 8 heteroatoms. The quantitative estimate of drug-likeness (QED) is 0.623. The molecule has 0 saturated heterocycles. The number of alkyl carbamates (subject to hydrolysis) is 1. The molecule has 0 aromatic heterocycles. The topological polar surface area (TPSA) is 73.9 Å². The Bertz CT molecular complexity index is 493. The van der Waals surface area contributed by atoms with E-state index in [0.29, 0.717) is 0 Å². The summed E-state index contributed by atoms with van der Waals surface area (Å²) in [6.45, 7) is 22.8. The lowest BCUT2D eigenvalue weighted by molar-refractivity contribution is -0.138. The molecular weight excluding hydrogens is 366 g/mol. The molecule has 0 rings (SSSR count). The van der Waals surface area contributed by atoms with Gasteiger partial charge in [0.2, 0.25) is 0 Å². The Balaban J connectivity index is 5.29. The highest BCUT2D eigenvalue weighted by Gasteiger charge is 2.43. The average molecular weight is 406 g/mol. The van der Waals surface area contributed by atoms with E-state index >= 15 is 0 Å². The van der Waals surface area contributed by atoms with Crippen LogP contribution < -0.4 is 5.32 Å². The minimum atomic E-state index is -2.30. The van der Waals surface area contributed by atoms with Gasteiger partial charge in [-0.05, 0) is 43.2 Å². The monoisotopic (exact) mass is 405 g/mol. The fraction of sp³-hybridized carbons (Fsp3) is 0.889. The highest BCUT2D eigenvalue weighted by molar-refractivity contribution is 6.75. The van der Waals surface area contributed by atoms with E-state index in [1.165, 1.54) is 0 Å². The molecule has 0 aromatic rings. The minimum Gasteiger partial charge on any atom is -0.518 e. The molecule has 0 bridgehead atoms. The van der Waals surface area contributed by atoms with E-state index in [0.717, 1.165) is 0 Å². The summed E-state index contributed by atoms with van der Waals surface area (Å²) in [6.07, 6.45) is -0.636. The third-order valence-corrected chi connectivity index (χ3v) is 14.3. The first-order chi connectivity index (χ1) is 11.4. The number of carbonyl (C=O) groups is 2. The second kappa shape index (κ2) is 8.88. The second-order valence-electron chi connectivity index (χ2n) is 9.67. The van der Waals surface area contributed by atoms with Crippen LogP contribution >= 0.6 is 0 Å². The van der Waals surface area contributed by atoms with Gasteiger partial charge in [0.1, 0.15) is 0 Å². The van der Waals surface area contributed by atoms with Crippen molar-refractivity contribution in [2.24, 2.45) is 0 Å². The molecule has 0 saturated carbocycles. The van der Waals surface area contributed by atoms with Crippen LogP contribution in [-0.4, -0.2) is 48.0 Å². The summed E-state index contributed by atoms with van der Waals surface area (Å²) in [6, 6.07) is -0.878. The van der Waals surface area contributed by atoms with Gasteiger partial charge in [0.25, 0.3) is 8.32 Å². The lowest BCUT2D eigenvalue weighted by atomic mass is 10.2. The van der Waals surface area contributed by atoms with Crippen molar-refractivity contribution in [3.05, 3.63) is 0 Å². The van der Waals surface area contributed by atoms with Crippen molar-refractivity contribution in [2.45, 2.75) is 90.8 Å². The van der Waals surface area contributed by atoms with E-state index in [2.05, 4.69) is 60.0 Å². The first kappa shape index (κ1) is 25.1. The Morgan fingerprint density at radius 1 is 0.923 bits per heavy atom. The van der Waals surface area contributed by atoms with Crippen LogP contribution in [0.3, 0.4) is 0 Å². The minimum absolute atomic E-state index is 0.00477. The molecule has 0 aliphatic heterocycles. The highest BCUT2D eigenvalue weighted by Crippen LogP contribution is 2.38. The maximum atomic E-state index is 12.8. The zero-order valence-corrected chi connectivity index (χ0v) is 20.5. The fourth-order valence-corrected chi connectivity index (χ4v) is 3.44. The molecule has 154 valence electrons. The molecule has 0 aliphatic carbocycles. The van der Waals surface area contributed by atoms with Crippen molar-refractivity contribution >= 4 is 28.7 Å². The van der Waals surface area contributed by atoms with Crippen LogP contribution in [0.2, 0.25) is 36.3 Å². The molecular formula is C18H39NO5Si2. The number of ether oxygens (including phenoxy) is 1. The zero-order chi connectivity index (χ0) is 21.0. The van der Waals surface area contributed by atoms with Gasteiger partial charge in [-0.1, -0.05) is 41.5 Å². The van der Waals surface area contributed by atoms with Gasteiger partial charge >= 0.3 is 12.1 Å². The van der Waals surface area contributed by atoms with Crippen molar-refractivity contribution < 1.29 is 23.2 Å². The molecule has 26 heavy (non-hydrogen) atoms. The van der Waals surface area contributed by atoms with E-state index in [1.807, 2.05) is 13.1 Å². The van der Waals surface area contributed by atoms with Crippen LogP contribution in [0.15, 0.2) is 0 Å². The molecule has 6 nitrogen and oxygen atoms in total. The van der Waals surface area contributed by atoms with Crippen LogP contribution in [0.4, 0.5) is 4.79 Å². The normalized spacial score (nSPS) is 14.6. The molecule has 0 heterocycles. The van der Waals surface area contributed by atoms with Gasteiger partial charge in [0.15, 0.2) is 14.4 Å². The summed E-state index contributed by atoms with van der Waals surface area (Å²) < 4.78 is 16.9. The standard InChI is InChI=1S/C18H39NO5Si2/c1-12-22-16(21)19-14(13-23-25(8,9)17(2,3)4)15(20)24-26(10,11)18(5,6)7/h14H,12-13H2,1-11H3,(H,19,21). The Kier molecular flexibility index (Phi) is 8.59. The summed E-state index contributed by atoms with van der Waals surface area (Å²) in [4.78, 5) is 24.7. The zero-order valence-electron chi connectivity index (χ0n) is 18.5. The van der Waals surface area contributed by atoms with Gasteiger partial charge in [-0.2, -0.15) is 0 Å². The van der Waals surface area contributed by atoms with Crippen molar-refractivity contribution in [2.75, 3.05) is 13.2 Å². The first-order valence-electron chi connectivity index (χ1n) is 9.24. The number of hydrogen-bond acceptors (Lipinski definition) is 5. The lowest BCUT2D eigenvalue weighted by Crippen LogP contribution is -2.53. The predicted molar refractivity (Wildman–Crippen MR) is 110 cm³/mol. The summed E-state index contributed by atoms with van der Waals surface area (Å²) >= 11 is 0. The smallest absolute Gasteiger partial charge is 0.407 e. The third kappa shape index (κ3) is 7.40. The largest absolute Gasteiger partial charge is 0.518 e. The van der Waals surface area contributed by atoms with E-state index in [4.69, 9.17) is 13.6 Å². The van der Waals surface area contributed by atoms with Gasteiger partial charge < -0.3 is 18.9 Å². The molecule has 0 aliphatic rings. The molecule has 1 unspecified atom stereocenters.